The third-order valence-electron chi connectivity index (χ3n) is 3.03. The van der Waals surface area contributed by atoms with Crippen LogP contribution in [0.1, 0.15) is 18.1 Å². The minimum Gasteiger partial charge on any atom is -0.482 e. The summed E-state index contributed by atoms with van der Waals surface area (Å²) in [7, 11) is 0. The molecular formula is C17H16F3N3O3. The lowest BCUT2D eigenvalue weighted by molar-refractivity contribution is -0.145. The van der Waals surface area contributed by atoms with E-state index in [1.54, 1.807) is 31.2 Å². The van der Waals surface area contributed by atoms with Crippen LogP contribution in [0.25, 0.3) is 0 Å². The highest BCUT2D eigenvalue weighted by Crippen LogP contribution is 2.28. The van der Waals surface area contributed by atoms with Crippen molar-refractivity contribution in [2.24, 2.45) is 5.10 Å². The Labute approximate surface area is 147 Å². The van der Waals surface area contributed by atoms with E-state index in [2.05, 4.69) is 15.5 Å². The van der Waals surface area contributed by atoms with Gasteiger partial charge in [0.2, 0.25) is 0 Å². The number of rotatable bonds is 7. The maximum Gasteiger partial charge on any atom is 0.417 e. The third-order valence-corrected chi connectivity index (χ3v) is 3.03. The van der Waals surface area contributed by atoms with Gasteiger partial charge in [-0.25, -0.2) is 9.78 Å². The van der Waals surface area contributed by atoms with E-state index >= 15 is 0 Å². The fourth-order valence-corrected chi connectivity index (χ4v) is 1.80. The Balaban J connectivity index is 1.85. The standard InChI is InChI=1S/C17H16F3N3O3/c1-2-25-16(24)11-26-14-6-3-12(4-7-14)9-22-23-15-8-5-13(10-21-15)17(18,19)20/h3-10H,2,11H2,1H3,(H,21,23)/b22-9-. The fourth-order valence-electron chi connectivity index (χ4n) is 1.80. The molecule has 9 heteroatoms. The van der Waals surface area contributed by atoms with Crippen LogP contribution < -0.4 is 10.2 Å². The number of alkyl halides is 3. The second-order valence-corrected chi connectivity index (χ2v) is 4.96. The molecule has 2 rings (SSSR count). The first-order valence-corrected chi connectivity index (χ1v) is 7.59. The minimum atomic E-state index is -4.42. The first-order chi connectivity index (χ1) is 12.4. The number of carbonyl (C=O) groups excluding carboxylic acids is 1. The SMILES string of the molecule is CCOC(=O)COc1ccc(/C=N\Nc2ccc(C(F)(F)F)cn2)cc1. The zero-order chi connectivity index (χ0) is 19.0. The average molecular weight is 367 g/mol. The van der Waals surface area contributed by atoms with E-state index in [9.17, 15) is 18.0 Å². The van der Waals surface area contributed by atoms with Crippen molar-refractivity contribution in [3.8, 4) is 5.75 Å². The molecule has 0 spiro atoms. The van der Waals surface area contributed by atoms with Crippen molar-refractivity contribution >= 4 is 18.0 Å². The van der Waals surface area contributed by atoms with E-state index in [1.807, 2.05) is 0 Å². The lowest BCUT2D eigenvalue weighted by atomic mass is 10.2. The van der Waals surface area contributed by atoms with E-state index in [0.717, 1.165) is 12.3 Å². The molecule has 6 nitrogen and oxygen atoms in total. The second-order valence-electron chi connectivity index (χ2n) is 4.96. The Morgan fingerprint density at radius 2 is 1.96 bits per heavy atom. The molecule has 0 aliphatic rings. The largest absolute Gasteiger partial charge is 0.482 e. The van der Waals surface area contributed by atoms with Gasteiger partial charge in [0, 0.05) is 6.20 Å². The van der Waals surface area contributed by atoms with Gasteiger partial charge in [0.15, 0.2) is 6.61 Å². The summed E-state index contributed by atoms with van der Waals surface area (Å²) in [5, 5.41) is 3.90. The van der Waals surface area contributed by atoms with Crippen molar-refractivity contribution in [1.82, 2.24) is 4.98 Å². The normalized spacial score (nSPS) is 11.4. The maximum atomic E-state index is 12.4. The summed E-state index contributed by atoms with van der Waals surface area (Å²) < 4.78 is 47.3. The van der Waals surface area contributed by atoms with Gasteiger partial charge in [-0.2, -0.15) is 18.3 Å². The molecule has 0 saturated carbocycles. The number of halogens is 3. The van der Waals surface area contributed by atoms with Gasteiger partial charge in [0.25, 0.3) is 0 Å². The van der Waals surface area contributed by atoms with E-state index in [-0.39, 0.29) is 12.4 Å². The number of ether oxygens (including phenoxy) is 2. The predicted molar refractivity (Wildman–Crippen MR) is 89.0 cm³/mol. The van der Waals surface area contributed by atoms with Crippen LogP contribution in [0, 0.1) is 0 Å². The Morgan fingerprint density at radius 1 is 1.23 bits per heavy atom. The summed E-state index contributed by atoms with van der Waals surface area (Å²) in [5.74, 6) is 0.225. The van der Waals surface area contributed by atoms with Gasteiger partial charge in [-0.05, 0) is 48.9 Å². The number of carbonyl (C=O) groups is 1. The zero-order valence-electron chi connectivity index (χ0n) is 13.8. The molecule has 0 radical (unpaired) electrons. The van der Waals surface area contributed by atoms with Gasteiger partial charge in [-0.1, -0.05) is 0 Å². The van der Waals surface area contributed by atoms with Crippen LogP contribution in [0.3, 0.4) is 0 Å². The van der Waals surface area contributed by atoms with Gasteiger partial charge in [-0.3, -0.25) is 5.43 Å². The summed E-state index contributed by atoms with van der Waals surface area (Å²) in [6.07, 6.45) is -2.23. The van der Waals surface area contributed by atoms with E-state index in [4.69, 9.17) is 9.47 Å². The number of nitrogens with one attached hydrogen (secondary N) is 1. The summed E-state index contributed by atoms with van der Waals surface area (Å²) in [6, 6.07) is 8.80. The van der Waals surface area contributed by atoms with Crippen molar-refractivity contribution in [3.63, 3.8) is 0 Å². The molecule has 0 fully saturated rings. The molecule has 1 aromatic heterocycles. The number of nitrogens with zero attached hydrogens (tertiary/aromatic N) is 2. The van der Waals surface area contributed by atoms with Crippen LogP contribution in [-0.4, -0.2) is 30.4 Å². The minimum absolute atomic E-state index is 0.178. The topological polar surface area (TPSA) is 72.8 Å². The molecule has 0 aliphatic carbocycles. The number of hydrazone groups is 1. The van der Waals surface area contributed by atoms with Gasteiger partial charge >= 0.3 is 12.1 Å². The second kappa shape index (κ2) is 8.84. The molecule has 1 heterocycles. The predicted octanol–water partition coefficient (Wildman–Crippen LogP) is 3.49. The van der Waals surface area contributed by atoms with Gasteiger partial charge in [0.05, 0.1) is 18.4 Å². The molecule has 2 aromatic rings. The van der Waals surface area contributed by atoms with Crippen LogP contribution >= 0.6 is 0 Å². The monoisotopic (exact) mass is 367 g/mol. The molecule has 26 heavy (non-hydrogen) atoms. The van der Waals surface area contributed by atoms with Gasteiger partial charge < -0.3 is 9.47 Å². The number of aromatic nitrogens is 1. The highest BCUT2D eigenvalue weighted by molar-refractivity contribution is 5.80. The quantitative estimate of drug-likeness (QED) is 0.461. The molecule has 0 bridgehead atoms. The average Bonchev–Trinajstić information content (AvgIpc) is 2.61. The third kappa shape index (κ3) is 6.08. The number of benzene rings is 1. The number of hydrogen-bond donors (Lipinski definition) is 1. The molecule has 0 aliphatic heterocycles. The van der Waals surface area contributed by atoms with E-state index < -0.39 is 17.7 Å². The zero-order valence-corrected chi connectivity index (χ0v) is 13.8. The van der Waals surface area contributed by atoms with Crippen LogP contribution in [0.15, 0.2) is 47.7 Å². The lowest BCUT2D eigenvalue weighted by Crippen LogP contribution is -2.14. The fraction of sp³-hybridized carbons (Fsp3) is 0.235. The first kappa shape index (κ1) is 19.2. The smallest absolute Gasteiger partial charge is 0.417 e. The van der Waals surface area contributed by atoms with E-state index in [1.165, 1.54) is 12.3 Å². The molecule has 0 saturated heterocycles. The Morgan fingerprint density at radius 3 is 2.54 bits per heavy atom. The molecule has 1 aromatic carbocycles. The molecule has 0 atom stereocenters. The summed E-state index contributed by atoms with van der Waals surface area (Å²) in [4.78, 5) is 14.8. The van der Waals surface area contributed by atoms with Crippen molar-refractivity contribution in [1.29, 1.82) is 0 Å². The van der Waals surface area contributed by atoms with Gasteiger partial charge in [-0.15, -0.1) is 0 Å². The molecule has 138 valence electrons. The molecule has 0 amide bonds. The lowest BCUT2D eigenvalue weighted by Gasteiger charge is -2.06. The first-order valence-electron chi connectivity index (χ1n) is 7.59. The van der Waals surface area contributed by atoms with Crippen LogP contribution in [-0.2, 0) is 15.7 Å². The van der Waals surface area contributed by atoms with Gasteiger partial charge in [0.1, 0.15) is 11.6 Å². The van der Waals surface area contributed by atoms with Crippen molar-refractivity contribution in [3.05, 3.63) is 53.7 Å². The van der Waals surface area contributed by atoms with Crippen molar-refractivity contribution < 1.29 is 27.4 Å². The summed E-state index contributed by atoms with van der Waals surface area (Å²) >= 11 is 0. The Hall–Kier alpha value is -3.10. The Kier molecular flexibility index (Phi) is 6.54. The van der Waals surface area contributed by atoms with Crippen molar-refractivity contribution in [2.75, 3.05) is 18.6 Å². The summed E-state index contributed by atoms with van der Waals surface area (Å²) in [6.45, 7) is 1.82. The molecule has 0 unspecified atom stereocenters. The number of pyridine rings is 1. The van der Waals surface area contributed by atoms with Crippen LogP contribution in [0.5, 0.6) is 5.75 Å². The molecular weight excluding hydrogens is 351 g/mol. The van der Waals surface area contributed by atoms with E-state index in [0.29, 0.717) is 17.9 Å². The Bertz CT molecular complexity index is 745. The van der Waals surface area contributed by atoms with Crippen LogP contribution in [0.4, 0.5) is 19.0 Å². The summed E-state index contributed by atoms with van der Waals surface area (Å²) in [5.41, 5.74) is 2.43. The maximum absolute atomic E-state index is 12.4. The highest BCUT2D eigenvalue weighted by Gasteiger charge is 2.30. The molecule has 1 N–H and O–H groups in total. The highest BCUT2D eigenvalue weighted by atomic mass is 19.4. The number of anilines is 1. The van der Waals surface area contributed by atoms with Crippen LogP contribution in [0.2, 0.25) is 0 Å². The van der Waals surface area contributed by atoms with Crippen molar-refractivity contribution in [2.45, 2.75) is 13.1 Å². The number of hydrogen-bond acceptors (Lipinski definition) is 6. The number of esters is 1.